The third-order valence-electron chi connectivity index (χ3n) is 6.69. The van der Waals surface area contributed by atoms with Crippen LogP contribution >= 0.6 is 11.6 Å². The van der Waals surface area contributed by atoms with Gasteiger partial charge in [0.25, 0.3) is 5.91 Å². The molecule has 0 atom stereocenters. The predicted molar refractivity (Wildman–Crippen MR) is 139 cm³/mol. The van der Waals surface area contributed by atoms with Crippen LogP contribution in [0.4, 0.5) is 37.6 Å². The Morgan fingerprint density at radius 2 is 1.84 bits per heavy atom. The van der Waals surface area contributed by atoms with Crippen molar-refractivity contribution in [2.45, 2.75) is 0 Å². The van der Waals surface area contributed by atoms with Crippen molar-refractivity contribution < 1.29 is 13.6 Å². The minimum atomic E-state index is -0.639. The Balaban J connectivity index is 1.29. The number of carbonyl (C=O) groups excluding carboxylic acids is 1. The summed E-state index contributed by atoms with van der Waals surface area (Å²) in [5.41, 5.74) is 1.15. The first-order valence-electron chi connectivity index (χ1n) is 11.9. The number of hydrogen-bond donors (Lipinski definition) is 1. The van der Waals surface area contributed by atoms with Crippen molar-refractivity contribution in [2.75, 3.05) is 66.3 Å². The van der Waals surface area contributed by atoms with Crippen LogP contribution in [0, 0.1) is 11.6 Å². The summed E-state index contributed by atoms with van der Waals surface area (Å²) in [6.07, 6.45) is 1.37. The zero-order chi connectivity index (χ0) is 25.7. The molecule has 2 aromatic carbocycles. The van der Waals surface area contributed by atoms with Gasteiger partial charge in [-0.2, -0.15) is 4.98 Å². The van der Waals surface area contributed by atoms with Crippen LogP contribution in [-0.4, -0.2) is 73.1 Å². The van der Waals surface area contributed by atoms with Gasteiger partial charge in [0.1, 0.15) is 22.9 Å². The molecule has 12 heteroatoms. The third kappa shape index (κ3) is 4.13. The van der Waals surface area contributed by atoms with E-state index in [1.807, 2.05) is 4.90 Å². The first-order valence-corrected chi connectivity index (χ1v) is 12.3. The number of likely N-dealkylation sites (N-methyl/N-ethyl adjacent to an activating group) is 1. The van der Waals surface area contributed by atoms with Crippen LogP contribution in [-0.2, 0) is 0 Å². The molecule has 0 saturated carbocycles. The maximum absolute atomic E-state index is 15.0. The van der Waals surface area contributed by atoms with E-state index < -0.39 is 11.7 Å². The Bertz CT molecular complexity index is 1410. The average Bonchev–Trinajstić information content (AvgIpc) is 3.36. The van der Waals surface area contributed by atoms with E-state index in [1.54, 1.807) is 17.0 Å². The number of carbonyl (C=O) groups is 1. The van der Waals surface area contributed by atoms with E-state index in [-0.39, 0.29) is 34.0 Å². The number of amides is 1. The lowest BCUT2D eigenvalue weighted by Gasteiger charge is -2.35. The molecule has 3 aliphatic heterocycles. The minimum Gasteiger partial charge on any atom is -0.367 e. The highest BCUT2D eigenvalue weighted by Crippen LogP contribution is 2.37. The molecular formula is C25H23ClF2N8O. The van der Waals surface area contributed by atoms with Gasteiger partial charge >= 0.3 is 0 Å². The molecular weight excluding hydrogens is 502 g/mol. The minimum absolute atomic E-state index is 0.0661. The molecule has 0 unspecified atom stereocenters. The quantitative estimate of drug-likeness (QED) is 0.557. The van der Waals surface area contributed by atoms with Gasteiger partial charge in [-0.3, -0.25) is 14.7 Å². The van der Waals surface area contributed by atoms with Crippen molar-refractivity contribution in [3.05, 3.63) is 64.8 Å². The zero-order valence-electron chi connectivity index (χ0n) is 20.0. The average molecular weight is 525 g/mol. The van der Waals surface area contributed by atoms with Crippen LogP contribution in [0.2, 0.25) is 5.02 Å². The SMILES string of the molecule is CN1CCN(c2ccc(Nc3ncc4c(n3)N3CCN=C3N(c3c(F)cccc3Cl)C4=O)cc2F)CC1. The number of guanidine groups is 1. The molecule has 37 heavy (non-hydrogen) atoms. The normalized spacial score (nSPS) is 17.6. The van der Waals surface area contributed by atoms with E-state index in [9.17, 15) is 13.6 Å². The van der Waals surface area contributed by atoms with Crippen molar-refractivity contribution in [3.63, 3.8) is 0 Å². The first kappa shape index (κ1) is 23.6. The molecule has 9 nitrogen and oxygen atoms in total. The van der Waals surface area contributed by atoms with Crippen LogP contribution < -0.4 is 20.0 Å². The summed E-state index contributed by atoms with van der Waals surface area (Å²) in [6, 6.07) is 9.15. The van der Waals surface area contributed by atoms with Gasteiger partial charge < -0.3 is 15.1 Å². The van der Waals surface area contributed by atoms with E-state index in [2.05, 4.69) is 32.2 Å². The lowest BCUT2D eigenvalue weighted by molar-refractivity contribution is 0.0999. The molecule has 0 aliphatic carbocycles. The fourth-order valence-corrected chi connectivity index (χ4v) is 5.00. The highest BCUT2D eigenvalue weighted by molar-refractivity contribution is 6.38. The zero-order valence-corrected chi connectivity index (χ0v) is 20.7. The summed E-state index contributed by atoms with van der Waals surface area (Å²) in [7, 11) is 2.05. The van der Waals surface area contributed by atoms with Crippen molar-refractivity contribution >= 4 is 52.3 Å². The third-order valence-corrected chi connectivity index (χ3v) is 6.99. The number of aliphatic imine (C=N–C) groups is 1. The molecule has 1 aromatic heterocycles. The predicted octanol–water partition coefficient (Wildman–Crippen LogP) is 3.74. The van der Waals surface area contributed by atoms with Crippen molar-refractivity contribution in [2.24, 2.45) is 4.99 Å². The van der Waals surface area contributed by atoms with Gasteiger partial charge in [0.15, 0.2) is 5.82 Å². The molecule has 1 amide bonds. The first-order chi connectivity index (χ1) is 17.9. The smallest absolute Gasteiger partial charge is 0.270 e. The van der Waals surface area contributed by atoms with Gasteiger partial charge in [0.05, 0.1) is 17.3 Å². The van der Waals surface area contributed by atoms with Crippen LogP contribution in [0.1, 0.15) is 10.4 Å². The molecule has 3 aromatic rings. The van der Waals surface area contributed by atoms with Gasteiger partial charge in [0.2, 0.25) is 11.9 Å². The van der Waals surface area contributed by atoms with Gasteiger partial charge in [-0.05, 0) is 37.4 Å². The van der Waals surface area contributed by atoms with E-state index in [0.29, 0.717) is 30.3 Å². The van der Waals surface area contributed by atoms with Crippen LogP contribution in [0.15, 0.2) is 47.6 Å². The molecule has 0 spiro atoms. The second-order valence-electron chi connectivity index (χ2n) is 9.06. The van der Waals surface area contributed by atoms with E-state index >= 15 is 0 Å². The van der Waals surface area contributed by atoms with Gasteiger partial charge in [-0.15, -0.1) is 0 Å². The highest BCUT2D eigenvalue weighted by atomic mass is 35.5. The molecule has 1 saturated heterocycles. The number of benzene rings is 2. The number of hydrogen-bond acceptors (Lipinski definition) is 8. The van der Waals surface area contributed by atoms with Gasteiger partial charge in [-0.1, -0.05) is 17.7 Å². The van der Waals surface area contributed by atoms with Gasteiger partial charge in [0, 0.05) is 44.6 Å². The molecule has 1 N–H and O–H groups in total. The Hall–Kier alpha value is -3.83. The van der Waals surface area contributed by atoms with Gasteiger partial charge in [-0.25, -0.2) is 18.7 Å². The summed E-state index contributed by atoms with van der Waals surface area (Å²) < 4.78 is 29.7. The Morgan fingerprint density at radius 3 is 2.59 bits per heavy atom. The van der Waals surface area contributed by atoms with Crippen LogP contribution in [0.25, 0.3) is 0 Å². The molecule has 4 heterocycles. The van der Waals surface area contributed by atoms with E-state index in [1.165, 1.54) is 30.5 Å². The highest BCUT2D eigenvalue weighted by Gasteiger charge is 2.41. The number of nitrogens with one attached hydrogen (secondary N) is 1. The Morgan fingerprint density at radius 1 is 1.03 bits per heavy atom. The van der Waals surface area contributed by atoms with Crippen molar-refractivity contribution in [1.82, 2.24) is 14.9 Å². The number of aromatic nitrogens is 2. The Kier molecular flexibility index (Phi) is 5.88. The monoisotopic (exact) mass is 524 g/mol. The van der Waals surface area contributed by atoms with Crippen molar-refractivity contribution in [3.8, 4) is 0 Å². The summed E-state index contributed by atoms with van der Waals surface area (Å²) in [4.78, 5) is 33.8. The Labute approximate surface area is 217 Å². The number of rotatable bonds is 4. The largest absolute Gasteiger partial charge is 0.367 e. The molecule has 190 valence electrons. The molecule has 0 bridgehead atoms. The maximum Gasteiger partial charge on any atom is 0.270 e. The summed E-state index contributed by atoms with van der Waals surface area (Å²) >= 11 is 6.26. The second kappa shape index (κ2) is 9.24. The number of fused-ring (bicyclic) bond motifs is 3. The molecule has 3 aliphatic rings. The van der Waals surface area contributed by atoms with Crippen LogP contribution in [0.3, 0.4) is 0 Å². The van der Waals surface area contributed by atoms with E-state index in [0.717, 1.165) is 31.1 Å². The van der Waals surface area contributed by atoms with Crippen molar-refractivity contribution in [1.29, 1.82) is 0 Å². The fourth-order valence-electron chi connectivity index (χ4n) is 4.75. The summed E-state index contributed by atoms with van der Waals surface area (Å²) in [5, 5.41) is 3.12. The van der Waals surface area contributed by atoms with E-state index in [4.69, 9.17) is 11.6 Å². The standard InChI is InChI=1S/C25H23ClF2N8O/c1-33-9-11-34(12-10-33)20-6-5-15(13-19(20)28)31-24-30-14-16-22(32-24)35-8-7-29-25(35)36(23(16)37)21-17(26)3-2-4-18(21)27/h2-6,13-14H,7-12H2,1H3,(H,30,31,32). The summed E-state index contributed by atoms with van der Waals surface area (Å²) in [5.74, 6) is -0.724. The maximum atomic E-state index is 15.0. The number of halogens is 3. The topological polar surface area (TPSA) is 80.2 Å². The number of nitrogens with zero attached hydrogens (tertiary/aromatic N) is 7. The number of piperazine rings is 1. The van der Waals surface area contributed by atoms with Crippen LogP contribution in [0.5, 0.6) is 0 Å². The molecule has 6 rings (SSSR count). The lowest BCUT2D eigenvalue weighted by Crippen LogP contribution is -2.51. The summed E-state index contributed by atoms with van der Waals surface area (Å²) in [6.45, 7) is 4.13. The number of para-hydroxylation sites is 1. The lowest BCUT2D eigenvalue weighted by atomic mass is 10.1. The number of anilines is 5. The fraction of sp³-hybridized carbons (Fsp3) is 0.280. The molecule has 1 fully saturated rings. The second-order valence-corrected chi connectivity index (χ2v) is 9.46. The molecule has 0 radical (unpaired) electrons.